The number of aliphatic hydroxyl groups excluding tert-OH is 1. The highest BCUT2D eigenvalue weighted by Gasteiger charge is 2.29. The number of hydrogen-bond donors (Lipinski definition) is 3. The molecule has 0 saturated heterocycles. The summed E-state index contributed by atoms with van der Waals surface area (Å²) in [5, 5.41) is 14.1. The van der Waals surface area contributed by atoms with Gasteiger partial charge in [-0.05, 0) is 24.9 Å². The molecule has 3 N–H and O–H groups in total. The van der Waals surface area contributed by atoms with Gasteiger partial charge < -0.3 is 9.83 Å². The summed E-state index contributed by atoms with van der Waals surface area (Å²) in [4.78, 5) is 4.26. The molecule has 4 nitrogen and oxygen atoms in total. The molecule has 0 bridgehead atoms. The zero-order chi connectivity index (χ0) is 10.2. The fourth-order valence-corrected chi connectivity index (χ4v) is 2.59. The highest BCUT2D eigenvalue weighted by Crippen LogP contribution is 2.31. The van der Waals surface area contributed by atoms with Gasteiger partial charge in [0.25, 0.3) is 0 Å². The first-order valence-electron chi connectivity index (χ1n) is 4.14. The topological polar surface area (TPSA) is 56.6 Å². The van der Waals surface area contributed by atoms with Gasteiger partial charge in [0.15, 0.2) is 0 Å². The zero-order valence-electron chi connectivity index (χ0n) is 7.49. The zero-order valence-corrected chi connectivity index (χ0v) is 9.89. The molecule has 2 rings (SSSR count). The number of hydrogen-bond acceptors (Lipinski definition) is 5. The molecule has 76 valence electrons. The molecule has 0 aromatic heterocycles. The monoisotopic (exact) mass is 275 g/mol. The molecular weight excluding hydrogens is 266 g/mol. The Morgan fingerprint density at radius 2 is 2.57 bits per heavy atom. The number of aliphatic hydroxyl groups is 1. The second kappa shape index (κ2) is 3.69. The van der Waals surface area contributed by atoms with Crippen LogP contribution in [-0.4, -0.2) is 22.0 Å². The van der Waals surface area contributed by atoms with Gasteiger partial charge in [-0.2, -0.15) is 0 Å². The summed E-state index contributed by atoms with van der Waals surface area (Å²) in [6.45, 7) is 1.66. The summed E-state index contributed by atoms with van der Waals surface area (Å²) in [5.74, 6) is 0. The Hall–Kier alpha value is -0.300. The van der Waals surface area contributed by atoms with Crippen LogP contribution in [-0.2, 0) is 0 Å². The molecule has 0 saturated carbocycles. The van der Waals surface area contributed by atoms with Crippen LogP contribution in [0.25, 0.3) is 0 Å². The number of rotatable bonds is 2. The minimum Gasteiger partial charge on any atom is -0.379 e. The molecule has 0 radical (unpaired) electrons. The second-order valence-electron chi connectivity index (χ2n) is 3.13. The van der Waals surface area contributed by atoms with Crippen LogP contribution in [0.5, 0.6) is 0 Å². The fraction of sp³-hybridized carbons (Fsp3) is 0.375. The molecular formula is C8H10BrN3OS. The molecule has 6 heteroatoms. The van der Waals surface area contributed by atoms with Crippen molar-refractivity contribution in [2.45, 2.75) is 17.6 Å². The third-order valence-electron chi connectivity index (χ3n) is 1.79. The lowest BCUT2D eigenvalue weighted by molar-refractivity contribution is 0.153. The van der Waals surface area contributed by atoms with Crippen molar-refractivity contribution in [2.75, 3.05) is 0 Å². The van der Waals surface area contributed by atoms with Gasteiger partial charge in [-0.25, -0.2) is 0 Å². The van der Waals surface area contributed by atoms with E-state index in [9.17, 15) is 5.11 Å². The molecule has 0 aliphatic carbocycles. The number of nitrogens with one attached hydrogen (secondary N) is 2. The highest BCUT2D eigenvalue weighted by molar-refractivity contribution is 9.10. The predicted molar refractivity (Wildman–Crippen MR) is 61.9 cm³/mol. The van der Waals surface area contributed by atoms with Crippen LogP contribution in [0.3, 0.4) is 0 Å². The number of fused-ring (bicyclic) bond motifs is 1. The quantitative estimate of drug-likeness (QED) is 0.305. The van der Waals surface area contributed by atoms with Gasteiger partial charge in [-0.3, -0.25) is 10.3 Å². The third kappa shape index (κ3) is 2.03. The number of nitrogens with zero attached hydrogens (tertiary/aromatic N) is 1. The van der Waals surface area contributed by atoms with Crippen LogP contribution in [0.1, 0.15) is 6.92 Å². The van der Waals surface area contributed by atoms with Gasteiger partial charge in [0.05, 0.1) is 11.4 Å². The van der Waals surface area contributed by atoms with E-state index in [1.54, 1.807) is 13.1 Å². The van der Waals surface area contributed by atoms with Crippen molar-refractivity contribution < 1.29 is 5.11 Å². The average Bonchev–Trinajstić information content (AvgIpc) is 2.48. The molecule has 0 spiro atoms. The molecule has 0 amide bonds. The Bertz CT molecular complexity index is 339. The van der Waals surface area contributed by atoms with Crippen LogP contribution in [0.15, 0.2) is 27.9 Å². The summed E-state index contributed by atoms with van der Waals surface area (Å²) in [6, 6.07) is 0. The summed E-state index contributed by atoms with van der Waals surface area (Å²) in [6.07, 6.45) is 3.07. The lowest BCUT2D eigenvalue weighted by atomic mass is 10.2. The summed E-state index contributed by atoms with van der Waals surface area (Å²) in [7, 11) is 0. The van der Waals surface area contributed by atoms with Gasteiger partial charge in [0, 0.05) is 11.6 Å². The van der Waals surface area contributed by atoms with Crippen molar-refractivity contribution >= 4 is 34.1 Å². The van der Waals surface area contributed by atoms with Crippen LogP contribution in [0.2, 0.25) is 0 Å². The Morgan fingerprint density at radius 1 is 1.79 bits per heavy atom. The molecule has 2 aliphatic heterocycles. The van der Waals surface area contributed by atoms with Crippen molar-refractivity contribution in [2.24, 2.45) is 4.99 Å². The van der Waals surface area contributed by atoms with Crippen LogP contribution >= 0.6 is 27.9 Å². The molecule has 2 atom stereocenters. The van der Waals surface area contributed by atoms with Crippen molar-refractivity contribution in [3.63, 3.8) is 0 Å². The highest BCUT2D eigenvalue weighted by atomic mass is 79.9. The second-order valence-corrected chi connectivity index (χ2v) is 5.12. The Labute approximate surface area is 94.8 Å². The number of dihydropyridines is 1. The Kier molecular flexibility index (Phi) is 2.70. The van der Waals surface area contributed by atoms with E-state index >= 15 is 0 Å². The maximum Gasteiger partial charge on any atom is 0.133 e. The fourth-order valence-electron chi connectivity index (χ4n) is 1.28. The largest absolute Gasteiger partial charge is 0.379 e. The standard InChI is InChI=1S/C8H10BrN3OS/c1-5(13)11-8(9)2-6-7(10-4-8)3-14-12-6/h2-5,11-13H,1H3. The molecule has 2 aliphatic rings. The minimum atomic E-state index is -0.600. The Morgan fingerprint density at radius 3 is 3.29 bits per heavy atom. The van der Waals surface area contributed by atoms with Crippen molar-refractivity contribution in [1.29, 1.82) is 0 Å². The summed E-state index contributed by atoms with van der Waals surface area (Å²) in [5.41, 5.74) is 1.89. The van der Waals surface area contributed by atoms with Crippen molar-refractivity contribution in [1.82, 2.24) is 10.0 Å². The van der Waals surface area contributed by atoms with E-state index in [1.165, 1.54) is 11.9 Å². The molecule has 0 aromatic carbocycles. The number of halogens is 1. The van der Waals surface area contributed by atoms with Gasteiger partial charge in [0.1, 0.15) is 10.7 Å². The smallest absolute Gasteiger partial charge is 0.133 e. The van der Waals surface area contributed by atoms with E-state index in [0.29, 0.717) is 0 Å². The maximum atomic E-state index is 9.24. The summed E-state index contributed by atoms with van der Waals surface area (Å²) < 4.78 is 2.54. The molecule has 14 heavy (non-hydrogen) atoms. The molecule has 0 fully saturated rings. The van der Waals surface area contributed by atoms with Crippen LogP contribution in [0, 0.1) is 0 Å². The molecule has 2 heterocycles. The van der Waals surface area contributed by atoms with Crippen molar-refractivity contribution in [3.8, 4) is 0 Å². The van der Waals surface area contributed by atoms with E-state index in [2.05, 4.69) is 31.0 Å². The SMILES string of the molecule is CC(O)NC1(Br)C=NC2=CSNC2=C1. The van der Waals surface area contributed by atoms with E-state index in [0.717, 1.165) is 11.4 Å². The van der Waals surface area contributed by atoms with Crippen LogP contribution < -0.4 is 10.0 Å². The minimum absolute atomic E-state index is 0.564. The van der Waals surface area contributed by atoms with E-state index < -0.39 is 10.7 Å². The van der Waals surface area contributed by atoms with Gasteiger partial charge in [0.2, 0.25) is 0 Å². The lowest BCUT2D eigenvalue weighted by Gasteiger charge is -2.26. The summed E-state index contributed by atoms with van der Waals surface area (Å²) >= 11 is 4.95. The predicted octanol–water partition coefficient (Wildman–Crippen LogP) is 1.07. The third-order valence-corrected chi connectivity index (χ3v) is 3.13. The molecule has 2 unspecified atom stereocenters. The first kappa shape index (κ1) is 10.2. The average molecular weight is 276 g/mol. The number of alkyl halides is 1. The number of aliphatic imine (C=N–C) groups is 1. The first-order valence-corrected chi connectivity index (χ1v) is 5.81. The normalized spacial score (nSPS) is 31.6. The van der Waals surface area contributed by atoms with E-state index in [-0.39, 0.29) is 0 Å². The van der Waals surface area contributed by atoms with Crippen LogP contribution in [0.4, 0.5) is 0 Å². The Balaban J connectivity index is 2.21. The van der Waals surface area contributed by atoms with E-state index in [1.807, 2.05) is 11.5 Å². The van der Waals surface area contributed by atoms with Gasteiger partial charge in [-0.15, -0.1) is 0 Å². The maximum absolute atomic E-state index is 9.24. The lowest BCUT2D eigenvalue weighted by Crippen LogP contribution is -2.46. The molecule has 0 aromatic rings. The van der Waals surface area contributed by atoms with E-state index in [4.69, 9.17) is 0 Å². The van der Waals surface area contributed by atoms with Crippen molar-refractivity contribution in [3.05, 3.63) is 22.9 Å². The first-order chi connectivity index (χ1) is 6.59. The van der Waals surface area contributed by atoms with Gasteiger partial charge >= 0.3 is 0 Å². The van der Waals surface area contributed by atoms with Gasteiger partial charge in [-0.1, -0.05) is 15.9 Å².